The summed E-state index contributed by atoms with van der Waals surface area (Å²) in [6.07, 6.45) is 2.43. The van der Waals surface area contributed by atoms with Crippen LogP contribution in [0.4, 0.5) is 0 Å². The van der Waals surface area contributed by atoms with Gasteiger partial charge in [0.1, 0.15) is 11.8 Å². The van der Waals surface area contributed by atoms with Gasteiger partial charge < -0.3 is 15.0 Å². The zero-order chi connectivity index (χ0) is 22.8. The van der Waals surface area contributed by atoms with E-state index in [4.69, 9.17) is 4.74 Å². The van der Waals surface area contributed by atoms with Crippen molar-refractivity contribution in [2.75, 3.05) is 13.2 Å². The van der Waals surface area contributed by atoms with Gasteiger partial charge in [0.05, 0.1) is 4.47 Å². The first-order valence-electron chi connectivity index (χ1n) is 10.9. The molecule has 0 unspecified atom stereocenters. The summed E-state index contributed by atoms with van der Waals surface area (Å²) >= 11 is 3.51. The zero-order valence-electron chi connectivity index (χ0n) is 18.9. The summed E-state index contributed by atoms with van der Waals surface area (Å²) < 4.78 is 6.61. The predicted molar refractivity (Wildman–Crippen MR) is 128 cm³/mol. The molecule has 2 amide bonds. The highest BCUT2D eigenvalue weighted by Gasteiger charge is 2.26. The molecule has 0 heterocycles. The Morgan fingerprint density at radius 3 is 2.39 bits per heavy atom. The fraction of sp³-hybridized carbons (Fsp3) is 0.440. The van der Waals surface area contributed by atoms with E-state index >= 15 is 0 Å². The van der Waals surface area contributed by atoms with E-state index in [-0.39, 0.29) is 24.5 Å². The summed E-state index contributed by atoms with van der Waals surface area (Å²) in [6.45, 7) is 8.15. The van der Waals surface area contributed by atoms with Gasteiger partial charge in [-0.25, -0.2) is 0 Å². The maximum absolute atomic E-state index is 13.1. The van der Waals surface area contributed by atoms with E-state index in [1.54, 1.807) is 11.8 Å². The molecule has 0 fully saturated rings. The van der Waals surface area contributed by atoms with E-state index in [0.29, 0.717) is 18.7 Å². The van der Waals surface area contributed by atoms with Crippen molar-refractivity contribution in [1.29, 1.82) is 0 Å². The van der Waals surface area contributed by atoms with Gasteiger partial charge >= 0.3 is 0 Å². The number of hydrogen-bond acceptors (Lipinski definition) is 3. The third-order valence-electron chi connectivity index (χ3n) is 5.41. The number of aryl methyl sites for hydroxylation is 1. The summed E-state index contributed by atoms with van der Waals surface area (Å²) in [5, 5.41) is 2.98. The van der Waals surface area contributed by atoms with Crippen LogP contribution in [0.5, 0.6) is 5.75 Å². The molecule has 6 heteroatoms. The first kappa shape index (κ1) is 24.9. The normalized spacial score (nSPS) is 12.7. The van der Waals surface area contributed by atoms with E-state index in [1.807, 2.05) is 62.4 Å². The van der Waals surface area contributed by atoms with Crippen molar-refractivity contribution >= 4 is 27.7 Å². The first-order chi connectivity index (χ1) is 14.8. The van der Waals surface area contributed by atoms with Crippen molar-refractivity contribution < 1.29 is 14.3 Å². The van der Waals surface area contributed by atoms with Gasteiger partial charge in [0.15, 0.2) is 6.61 Å². The molecule has 2 rings (SSSR count). The maximum atomic E-state index is 13.1. The predicted octanol–water partition coefficient (Wildman–Crippen LogP) is 4.76. The number of halogens is 1. The standard InChI is InChI=1S/C25H33BrN2O3/c1-5-18(3)27-25(30)19(4)28(15-14-21-10-8-7-9-11-21)24(29)17-31-23-13-12-20(6-2)16-22(23)26/h7-13,16,18-19H,5-6,14-15,17H2,1-4H3,(H,27,30)/t18-,19+/m0/s1. The van der Waals surface area contributed by atoms with Gasteiger partial charge in [-0.1, -0.05) is 50.2 Å². The molecule has 0 aliphatic heterocycles. The number of amides is 2. The maximum Gasteiger partial charge on any atom is 0.261 e. The second-order valence-electron chi connectivity index (χ2n) is 7.72. The van der Waals surface area contributed by atoms with Crippen molar-refractivity contribution in [3.8, 4) is 5.75 Å². The molecule has 1 N–H and O–H groups in total. The van der Waals surface area contributed by atoms with Crippen LogP contribution in [0.25, 0.3) is 0 Å². The van der Waals surface area contributed by atoms with Crippen LogP contribution in [0.2, 0.25) is 0 Å². The molecule has 0 bridgehead atoms. The second-order valence-corrected chi connectivity index (χ2v) is 8.58. The first-order valence-corrected chi connectivity index (χ1v) is 11.7. The lowest BCUT2D eigenvalue weighted by atomic mass is 10.1. The molecule has 2 aromatic rings. The lowest BCUT2D eigenvalue weighted by Gasteiger charge is -2.29. The number of carbonyl (C=O) groups excluding carboxylic acids is 2. The lowest BCUT2D eigenvalue weighted by molar-refractivity contribution is -0.141. The SMILES string of the molecule is CCc1ccc(OCC(=O)N(CCc2ccccc2)[C@H](C)C(=O)N[C@@H](C)CC)c(Br)c1. The molecule has 0 aliphatic carbocycles. The average molecular weight is 489 g/mol. The van der Waals surface area contributed by atoms with Crippen molar-refractivity contribution in [3.63, 3.8) is 0 Å². The quantitative estimate of drug-likeness (QED) is 0.495. The monoisotopic (exact) mass is 488 g/mol. The van der Waals surface area contributed by atoms with Crippen molar-refractivity contribution in [3.05, 3.63) is 64.1 Å². The minimum absolute atomic E-state index is 0.0605. The van der Waals surface area contributed by atoms with E-state index in [0.717, 1.165) is 22.9 Å². The number of nitrogens with zero attached hydrogens (tertiary/aromatic N) is 1. The number of rotatable bonds is 11. The van der Waals surface area contributed by atoms with Crippen LogP contribution in [-0.2, 0) is 22.4 Å². The largest absolute Gasteiger partial charge is 0.483 e. The molecule has 0 aliphatic rings. The van der Waals surface area contributed by atoms with Gasteiger partial charge in [0, 0.05) is 12.6 Å². The topological polar surface area (TPSA) is 58.6 Å². The van der Waals surface area contributed by atoms with Crippen LogP contribution >= 0.6 is 15.9 Å². The third kappa shape index (κ3) is 7.69. The van der Waals surface area contributed by atoms with Crippen molar-refractivity contribution in [1.82, 2.24) is 10.2 Å². The van der Waals surface area contributed by atoms with Crippen molar-refractivity contribution in [2.45, 2.75) is 59.0 Å². The third-order valence-corrected chi connectivity index (χ3v) is 6.03. The van der Waals surface area contributed by atoms with Crippen LogP contribution in [0, 0.1) is 0 Å². The molecule has 0 aromatic heterocycles. The Kier molecular flexibility index (Phi) is 10.0. The fourth-order valence-corrected chi connectivity index (χ4v) is 3.68. The highest BCUT2D eigenvalue weighted by atomic mass is 79.9. The van der Waals surface area contributed by atoms with E-state index in [2.05, 4.69) is 28.2 Å². The van der Waals surface area contributed by atoms with Gasteiger partial charge in [-0.3, -0.25) is 9.59 Å². The Morgan fingerprint density at radius 1 is 1.06 bits per heavy atom. The Morgan fingerprint density at radius 2 is 1.77 bits per heavy atom. The fourth-order valence-electron chi connectivity index (χ4n) is 3.14. The van der Waals surface area contributed by atoms with E-state index < -0.39 is 6.04 Å². The highest BCUT2D eigenvalue weighted by molar-refractivity contribution is 9.10. The Hall–Kier alpha value is -2.34. The number of nitrogens with one attached hydrogen (secondary N) is 1. The number of ether oxygens (including phenoxy) is 1. The van der Waals surface area contributed by atoms with Crippen LogP contribution < -0.4 is 10.1 Å². The highest BCUT2D eigenvalue weighted by Crippen LogP contribution is 2.26. The Labute approximate surface area is 194 Å². The summed E-state index contributed by atoms with van der Waals surface area (Å²) in [5.74, 6) is 0.253. The number of hydrogen-bond donors (Lipinski definition) is 1. The van der Waals surface area contributed by atoms with Crippen molar-refractivity contribution in [2.24, 2.45) is 0 Å². The average Bonchev–Trinajstić information content (AvgIpc) is 2.78. The van der Waals surface area contributed by atoms with E-state index in [9.17, 15) is 9.59 Å². The number of carbonyl (C=O) groups is 2. The van der Waals surface area contributed by atoms with Gasteiger partial charge in [0.25, 0.3) is 5.91 Å². The summed E-state index contributed by atoms with van der Waals surface area (Å²) in [7, 11) is 0. The Bertz CT molecular complexity index is 857. The van der Waals surface area contributed by atoms with Gasteiger partial charge in [-0.05, 0) is 72.3 Å². The molecule has 0 spiro atoms. The number of benzene rings is 2. The van der Waals surface area contributed by atoms with Crippen LogP contribution in [0.1, 0.15) is 45.2 Å². The smallest absolute Gasteiger partial charge is 0.261 e. The summed E-state index contributed by atoms with van der Waals surface area (Å²) in [6, 6.07) is 15.3. The minimum Gasteiger partial charge on any atom is -0.483 e. The van der Waals surface area contributed by atoms with Gasteiger partial charge in [0.2, 0.25) is 5.91 Å². The molecule has 31 heavy (non-hydrogen) atoms. The van der Waals surface area contributed by atoms with Gasteiger partial charge in [-0.15, -0.1) is 0 Å². The molecular formula is C25H33BrN2O3. The van der Waals surface area contributed by atoms with Crippen LogP contribution in [-0.4, -0.2) is 41.9 Å². The van der Waals surface area contributed by atoms with Crippen LogP contribution in [0.15, 0.2) is 53.0 Å². The zero-order valence-corrected chi connectivity index (χ0v) is 20.4. The molecule has 2 aromatic carbocycles. The van der Waals surface area contributed by atoms with Crippen LogP contribution in [0.3, 0.4) is 0 Å². The molecular weight excluding hydrogens is 456 g/mol. The summed E-state index contributed by atoms with van der Waals surface area (Å²) in [4.78, 5) is 27.4. The Balaban J connectivity index is 2.09. The molecule has 168 valence electrons. The lowest BCUT2D eigenvalue weighted by Crippen LogP contribution is -2.51. The molecule has 0 radical (unpaired) electrons. The molecule has 5 nitrogen and oxygen atoms in total. The molecule has 2 atom stereocenters. The minimum atomic E-state index is -0.584. The second kappa shape index (κ2) is 12.5. The summed E-state index contributed by atoms with van der Waals surface area (Å²) in [5.41, 5.74) is 2.30. The molecule has 0 saturated heterocycles. The molecule has 0 saturated carbocycles. The van der Waals surface area contributed by atoms with Gasteiger partial charge in [-0.2, -0.15) is 0 Å². The van der Waals surface area contributed by atoms with E-state index in [1.165, 1.54) is 5.56 Å².